The molecular weight excluding hydrogens is 332 g/mol. The molecule has 0 N–H and O–H groups in total. The van der Waals surface area contributed by atoms with Gasteiger partial charge in [-0.2, -0.15) is 0 Å². The Morgan fingerprint density at radius 2 is 1.15 bits per heavy atom. The molecule has 0 unspecified atom stereocenters. The number of hydrogen-bond donors (Lipinski definition) is 0. The quantitative estimate of drug-likeness (QED) is 0.480. The minimum atomic E-state index is -0.840. The topological polar surface area (TPSA) is 54.0 Å². The third-order valence-corrected chi connectivity index (χ3v) is 3.92. The molecule has 2 aromatic carbocycles. The Bertz CT molecular complexity index is 678. The summed E-state index contributed by atoms with van der Waals surface area (Å²) < 4.78 is 21.2. The molecule has 0 saturated carbocycles. The molecule has 140 valence electrons. The van der Waals surface area contributed by atoms with E-state index in [1.165, 1.54) is 0 Å². The maximum absolute atomic E-state index is 12.2. The van der Waals surface area contributed by atoms with Gasteiger partial charge in [0, 0.05) is 0 Å². The summed E-state index contributed by atoms with van der Waals surface area (Å²) in [6.45, 7) is 4.21. The van der Waals surface area contributed by atoms with Crippen LogP contribution in [-0.2, 0) is 12.8 Å². The Balaban J connectivity index is 2.11. The van der Waals surface area contributed by atoms with E-state index in [0.717, 1.165) is 36.8 Å². The molecular formula is C21H26O5. The van der Waals surface area contributed by atoms with Crippen LogP contribution in [0.1, 0.15) is 37.8 Å². The summed E-state index contributed by atoms with van der Waals surface area (Å²) in [7, 11) is 3.08. The highest BCUT2D eigenvalue weighted by Crippen LogP contribution is 2.31. The number of rotatable bonds is 8. The van der Waals surface area contributed by atoms with Gasteiger partial charge in [-0.3, -0.25) is 0 Å². The van der Waals surface area contributed by atoms with E-state index >= 15 is 0 Å². The summed E-state index contributed by atoms with van der Waals surface area (Å²) in [5.74, 6) is 1.63. The molecule has 5 nitrogen and oxygen atoms in total. The van der Waals surface area contributed by atoms with Crippen LogP contribution in [0.4, 0.5) is 4.79 Å². The Morgan fingerprint density at radius 3 is 1.50 bits per heavy atom. The van der Waals surface area contributed by atoms with Crippen molar-refractivity contribution in [1.82, 2.24) is 0 Å². The van der Waals surface area contributed by atoms with E-state index in [2.05, 4.69) is 13.8 Å². The summed E-state index contributed by atoms with van der Waals surface area (Å²) in [4.78, 5) is 12.2. The molecule has 0 aliphatic rings. The fraction of sp³-hybridized carbons (Fsp3) is 0.381. The number of methoxy groups -OCH3 is 2. The molecule has 0 aromatic heterocycles. The predicted molar refractivity (Wildman–Crippen MR) is 101 cm³/mol. The first-order chi connectivity index (χ1) is 12.6. The van der Waals surface area contributed by atoms with Crippen LogP contribution >= 0.6 is 0 Å². The van der Waals surface area contributed by atoms with Crippen molar-refractivity contribution in [2.24, 2.45) is 0 Å². The maximum atomic E-state index is 12.2. The molecule has 0 radical (unpaired) electrons. The lowest BCUT2D eigenvalue weighted by atomic mass is 10.1. The first-order valence-electron chi connectivity index (χ1n) is 8.84. The molecule has 0 saturated heterocycles. The van der Waals surface area contributed by atoms with Crippen LogP contribution in [0.3, 0.4) is 0 Å². The molecule has 0 spiro atoms. The number of carbonyl (C=O) groups is 1. The molecule has 2 rings (SSSR count). The van der Waals surface area contributed by atoms with Crippen molar-refractivity contribution in [3.05, 3.63) is 47.5 Å². The second kappa shape index (κ2) is 9.70. The van der Waals surface area contributed by atoms with E-state index in [9.17, 15) is 4.79 Å². The molecule has 0 atom stereocenters. The van der Waals surface area contributed by atoms with Crippen LogP contribution in [0.25, 0.3) is 0 Å². The third-order valence-electron chi connectivity index (χ3n) is 3.92. The third kappa shape index (κ3) is 5.15. The smallest absolute Gasteiger partial charge is 0.493 e. The van der Waals surface area contributed by atoms with Crippen molar-refractivity contribution in [3.8, 4) is 23.0 Å². The van der Waals surface area contributed by atoms with E-state index < -0.39 is 6.16 Å². The number of hydrogen-bond acceptors (Lipinski definition) is 5. The van der Waals surface area contributed by atoms with Crippen LogP contribution in [0.15, 0.2) is 36.4 Å². The van der Waals surface area contributed by atoms with Crippen molar-refractivity contribution in [1.29, 1.82) is 0 Å². The van der Waals surface area contributed by atoms with Gasteiger partial charge in [-0.1, -0.05) is 38.8 Å². The number of benzene rings is 2. The first kappa shape index (κ1) is 19.6. The lowest BCUT2D eigenvalue weighted by Gasteiger charge is -2.13. The molecule has 0 heterocycles. The van der Waals surface area contributed by atoms with Crippen molar-refractivity contribution in [2.45, 2.75) is 39.5 Å². The molecule has 0 aliphatic heterocycles. The molecule has 5 heteroatoms. The molecule has 0 bridgehead atoms. The Hall–Kier alpha value is -2.69. The normalized spacial score (nSPS) is 10.3. The van der Waals surface area contributed by atoms with Gasteiger partial charge >= 0.3 is 6.16 Å². The zero-order chi connectivity index (χ0) is 18.9. The second-order valence-electron chi connectivity index (χ2n) is 5.92. The average molecular weight is 358 g/mol. The molecule has 0 aliphatic carbocycles. The zero-order valence-electron chi connectivity index (χ0n) is 15.8. The SMILES string of the molecule is CCCc1ccc(OC(=O)Oc2ccc(CCC)cc2OC)c(OC)c1. The largest absolute Gasteiger partial charge is 0.519 e. The Morgan fingerprint density at radius 1 is 0.731 bits per heavy atom. The van der Waals surface area contributed by atoms with E-state index in [0.29, 0.717) is 23.0 Å². The minimum absolute atomic E-state index is 0.318. The number of carbonyl (C=O) groups excluding carboxylic acids is 1. The minimum Gasteiger partial charge on any atom is -0.493 e. The highest BCUT2D eigenvalue weighted by molar-refractivity contribution is 5.69. The van der Waals surface area contributed by atoms with Gasteiger partial charge in [-0.05, 0) is 48.2 Å². The van der Waals surface area contributed by atoms with Gasteiger partial charge < -0.3 is 18.9 Å². The van der Waals surface area contributed by atoms with Gasteiger partial charge in [-0.15, -0.1) is 0 Å². The van der Waals surface area contributed by atoms with Crippen LogP contribution < -0.4 is 18.9 Å². The Labute approximate surface area is 154 Å². The van der Waals surface area contributed by atoms with Gasteiger partial charge in [0.05, 0.1) is 14.2 Å². The van der Waals surface area contributed by atoms with E-state index in [4.69, 9.17) is 18.9 Å². The lowest BCUT2D eigenvalue weighted by molar-refractivity contribution is 0.148. The molecule has 0 amide bonds. The van der Waals surface area contributed by atoms with Gasteiger partial charge in [0.25, 0.3) is 0 Å². The van der Waals surface area contributed by atoms with Crippen LogP contribution in [-0.4, -0.2) is 20.4 Å². The van der Waals surface area contributed by atoms with Gasteiger partial charge in [0.2, 0.25) is 0 Å². The zero-order valence-corrected chi connectivity index (χ0v) is 15.8. The summed E-state index contributed by atoms with van der Waals surface area (Å²) in [5, 5.41) is 0. The highest BCUT2D eigenvalue weighted by atomic mass is 16.7. The summed E-state index contributed by atoms with van der Waals surface area (Å²) in [6, 6.07) is 11.0. The number of ether oxygens (including phenoxy) is 4. The number of aryl methyl sites for hydroxylation is 2. The predicted octanol–water partition coefficient (Wildman–Crippen LogP) is 5.19. The molecule has 2 aromatic rings. The summed E-state index contributed by atoms with van der Waals surface area (Å²) in [5.41, 5.74) is 2.25. The fourth-order valence-corrected chi connectivity index (χ4v) is 2.68. The van der Waals surface area contributed by atoms with Crippen molar-refractivity contribution >= 4 is 6.16 Å². The summed E-state index contributed by atoms with van der Waals surface area (Å²) >= 11 is 0. The highest BCUT2D eigenvalue weighted by Gasteiger charge is 2.15. The Kier molecular flexibility index (Phi) is 7.33. The average Bonchev–Trinajstić information content (AvgIpc) is 2.64. The van der Waals surface area contributed by atoms with E-state index in [1.54, 1.807) is 26.4 Å². The van der Waals surface area contributed by atoms with Crippen molar-refractivity contribution in [3.63, 3.8) is 0 Å². The maximum Gasteiger partial charge on any atom is 0.519 e. The van der Waals surface area contributed by atoms with Crippen LogP contribution in [0, 0.1) is 0 Å². The molecule has 26 heavy (non-hydrogen) atoms. The van der Waals surface area contributed by atoms with Gasteiger partial charge in [0.1, 0.15) is 0 Å². The van der Waals surface area contributed by atoms with Crippen LogP contribution in [0.2, 0.25) is 0 Å². The van der Waals surface area contributed by atoms with Crippen molar-refractivity contribution in [2.75, 3.05) is 14.2 Å². The van der Waals surface area contributed by atoms with Crippen molar-refractivity contribution < 1.29 is 23.7 Å². The van der Waals surface area contributed by atoms with Crippen LogP contribution in [0.5, 0.6) is 23.0 Å². The standard InChI is InChI=1S/C21H26O5/c1-5-7-15-9-11-17(19(13-15)23-3)25-21(22)26-18-12-10-16(8-6-2)14-20(18)24-4/h9-14H,5-8H2,1-4H3. The second-order valence-corrected chi connectivity index (χ2v) is 5.92. The van der Waals surface area contributed by atoms with E-state index in [1.807, 2.05) is 24.3 Å². The fourth-order valence-electron chi connectivity index (χ4n) is 2.68. The lowest BCUT2D eigenvalue weighted by Crippen LogP contribution is -2.15. The monoisotopic (exact) mass is 358 g/mol. The van der Waals surface area contributed by atoms with Gasteiger partial charge in [-0.25, -0.2) is 4.79 Å². The van der Waals surface area contributed by atoms with E-state index in [-0.39, 0.29) is 0 Å². The molecule has 0 fully saturated rings. The summed E-state index contributed by atoms with van der Waals surface area (Å²) in [6.07, 6.45) is 3.08. The first-order valence-corrected chi connectivity index (χ1v) is 8.84. The van der Waals surface area contributed by atoms with Gasteiger partial charge in [0.15, 0.2) is 23.0 Å².